The lowest BCUT2D eigenvalue weighted by atomic mass is 10.1. The maximum atomic E-state index is 12.7. The van der Waals surface area contributed by atoms with E-state index in [-0.39, 0.29) is 17.9 Å². The van der Waals surface area contributed by atoms with Crippen LogP contribution in [0.15, 0.2) is 0 Å². The van der Waals surface area contributed by atoms with Gasteiger partial charge in [-0.2, -0.15) is 0 Å². The molecule has 5 nitrogen and oxygen atoms in total. The number of piperazine rings is 1. The van der Waals surface area contributed by atoms with E-state index in [1.165, 1.54) is 0 Å². The number of carbonyl (C=O) groups is 2. The fourth-order valence-corrected chi connectivity index (χ4v) is 3.12. The number of hydrogen-bond donors (Lipinski definition) is 0. The Morgan fingerprint density at radius 1 is 1.15 bits per heavy atom. The molecule has 1 unspecified atom stereocenters. The largest absolute Gasteiger partial charge is 0.338 e. The maximum Gasteiger partial charge on any atom is 0.245 e. The van der Waals surface area contributed by atoms with Crippen molar-refractivity contribution in [3.63, 3.8) is 0 Å². The second-order valence-electron chi connectivity index (χ2n) is 6.22. The molecule has 0 bridgehead atoms. The molecular weight excluding hydrogens is 254 g/mol. The number of rotatable bonds is 2. The molecule has 1 atom stereocenters. The number of nitrogens with zero attached hydrogens (tertiary/aromatic N) is 3. The molecule has 2 fully saturated rings. The van der Waals surface area contributed by atoms with Gasteiger partial charge in [-0.15, -0.1) is 0 Å². The van der Waals surface area contributed by atoms with Crippen molar-refractivity contribution in [1.29, 1.82) is 0 Å². The van der Waals surface area contributed by atoms with Crippen molar-refractivity contribution in [2.24, 2.45) is 0 Å². The Balaban J connectivity index is 1.95. The molecule has 5 heteroatoms. The van der Waals surface area contributed by atoms with Crippen molar-refractivity contribution in [3.8, 4) is 0 Å². The van der Waals surface area contributed by atoms with Crippen LogP contribution in [0.1, 0.15) is 39.5 Å². The van der Waals surface area contributed by atoms with Gasteiger partial charge in [-0.25, -0.2) is 0 Å². The SMILES string of the molecule is CC(C)N1CCN(C(=O)C2CCCCC(=O)N2C)CC1. The molecule has 0 saturated carbocycles. The highest BCUT2D eigenvalue weighted by Crippen LogP contribution is 2.19. The fourth-order valence-electron chi connectivity index (χ4n) is 3.12. The minimum Gasteiger partial charge on any atom is -0.338 e. The van der Waals surface area contributed by atoms with E-state index >= 15 is 0 Å². The van der Waals surface area contributed by atoms with Gasteiger partial charge in [0, 0.05) is 45.7 Å². The molecule has 2 amide bonds. The van der Waals surface area contributed by atoms with E-state index in [9.17, 15) is 9.59 Å². The van der Waals surface area contributed by atoms with E-state index in [1.54, 1.807) is 11.9 Å². The topological polar surface area (TPSA) is 43.9 Å². The van der Waals surface area contributed by atoms with Crippen LogP contribution in [0.4, 0.5) is 0 Å². The van der Waals surface area contributed by atoms with Crippen molar-refractivity contribution in [3.05, 3.63) is 0 Å². The molecule has 0 radical (unpaired) electrons. The molecular formula is C15H27N3O2. The summed E-state index contributed by atoms with van der Waals surface area (Å²) < 4.78 is 0. The molecule has 0 aromatic heterocycles. The average molecular weight is 281 g/mol. The molecule has 2 saturated heterocycles. The molecule has 114 valence electrons. The highest BCUT2D eigenvalue weighted by molar-refractivity contribution is 5.88. The summed E-state index contributed by atoms with van der Waals surface area (Å²) in [7, 11) is 1.78. The van der Waals surface area contributed by atoms with Crippen LogP contribution in [0.2, 0.25) is 0 Å². The molecule has 0 N–H and O–H groups in total. The Morgan fingerprint density at radius 3 is 2.40 bits per heavy atom. The van der Waals surface area contributed by atoms with Gasteiger partial charge in [0.25, 0.3) is 0 Å². The number of hydrogen-bond acceptors (Lipinski definition) is 3. The Hall–Kier alpha value is -1.10. The van der Waals surface area contributed by atoms with Crippen LogP contribution in [0.3, 0.4) is 0 Å². The van der Waals surface area contributed by atoms with Crippen LogP contribution in [-0.4, -0.2) is 71.8 Å². The standard InChI is InChI=1S/C15H27N3O2/c1-12(2)17-8-10-18(11-9-17)15(20)13-6-4-5-7-14(19)16(13)3/h12-13H,4-11H2,1-3H3. The third-order valence-electron chi connectivity index (χ3n) is 4.62. The number of likely N-dealkylation sites (tertiary alicyclic amines) is 1. The van der Waals surface area contributed by atoms with Gasteiger partial charge in [-0.05, 0) is 26.7 Å². The Bertz CT molecular complexity index is 362. The molecule has 2 aliphatic heterocycles. The minimum atomic E-state index is -0.240. The van der Waals surface area contributed by atoms with Gasteiger partial charge in [-0.3, -0.25) is 14.5 Å². The van der Waals surface area contributed by atoms with E-state index < -0.39 is 0 Å². The molecule has 2 rings (SSSR count). The lowest BCUT2D eigenvalue weighted by Crippen LogP contribution is -2.55. The van der Waals surface area contributed by atoms with Gasteiger partial charge in [0.15, 0.2) is 0 Å². The zero-order valence-corrected chi connectivity index (χ0v) is 13.0. The molecule has 0 aromatic carbocycles. The fraction of sp³-hybridized carbons (Fsp3) is 0.867. The van der Waals surface area contributed by atoms with Crippen LogP contribution in [0.5, 0.6) is 0 Å². The first-order valence-electron chi connectivity index (χ1n) is 7.79. The van der Waals surface area contributed by atoms with Crippen LogP contribution >= 0.6 is 0 Å². The smallest absolute Gasteiger partial charge is 0.245 e. The van der Waals surface area contributed by atoms with Crippen molar-refractivity contribution in [1.82, 2.24) is 14.7 Å². The highest BCUT2D eigenvalue weighted by Gasteiger charge is 2.33. The van der Waals surface area contributed by atoms with Crippen molar-refractivity contribution in [2.45, 2.75) is 51.6 Å². The van der Waals surface area contributed by atoms with Crippen molar-refractivity contribution < 1.29 is 9.59 Å². The van der Waals surface area contributed by atoms with Gasteiger partial charge < -0.3 is 9.80 Å². The summed E-state index contributed by atoms with van der Waals surface area (Å²) >= 11 is 0. The molecule has 0 aliphatic carbocycles. The highest BCUT2D eigenvalue weighted by atomic mass is 16.2. The summed E-state index contributed by atoms with van der Waals surface area (Å²) in [6.07, 6.45) is 3.28. The number of likely N-dealkylation sites (N-methyl/N-ethyl adjacent to an activating group) is 1. The second kappa shape index (κ2) is 6.57. The third kappa shape index (κ3) is 3.32. The van der Waals surface area contributed by atoms with Crippen LogP contribution in [0.25, 0.3) is 0 Å². The first-order valence-corrected chi connectivity index (χ1v) is 7.79. The van der Waals surface area contributed by atoms with Crippen molar-refractivity contribution in [2.75, 3.05) is 33.2 Å². The zero-order chi connectivity index (χ0) is 14.7. The normalized spacial score (nSPS) is 26.0. The molecule has 2 heterocycles. The molecule has 0 spiro atoms. The maximum absolute atomic E-state index is 12.7. The summed E-state index contributed by atoms with van der Waals surface area (Å²) in [5.74, 6) is 0.257. The van der Waals surface area contributed by atoms with Gasteiger partial charge in [0.05, 0.1) is 0 Å². The van der Waals surface area contributed by atoms with E-state index in [4.69, 9.17) is 0 Å². The first kappa shape index (κ1) is 15.3. The van der Waals surface area contributed by atoms with E-state index in [0.717, 1.165) is 45.4 Å². The third-order valence-corrected chi connectivity index (χ3v) is 4.62. The van der Waals surface area contributed by atoms with Gasteiger partial charge in [0.2, 0.25) is 11.8 Å². The van der Waals surface area contributed by atoms with Crippen LogP contribution < -0.4 is 0 Å². The lowest BCUT2D eigenvalue weighted by molar-refractivity contribution is -0.145. The predicted molar refractivity (Wildman–Crippen MR) is 78.3 cm³/mol. The average Bonchev–Trinajstić information content (AvgIpc) is 2.61. The van der Waals surface area contributed by atoms with Crippen LogP contribution in [0, 0.1) is 0 Å². The number of carbonyl (C=O) groups excluding carboxylic acids is 2. The Morgan fingerprint density at radius 2 is 1.80 bits per heavy atom. The van der Waals surface area contributed by atoms with E-state index in [2.05, 4.69) is 18.7 Å². The first-order chi connectivity index (χ1) is 9.50. The summed E-state index contributed by atoms with van der Waals surface area (Å²) in [5, 5.41) is 0. The summed E-state index contributed by atoms with van der Waals surface area (Å²) in [6.45, 7) is 7.83. The summed E-state index contributed by atoms with van der Waals surface area (Å²) in [5.41, 5.74) is 0. The molecule has 0 aromatic rings. The quantitative estimate of drug-likeness (QED) is 0.756. The summed E-state index contributed by atoms with van der Waals surface area (Å²) in [6, 6.07) is 0.296. The summed E-state index contributed by atoms with van der Waals surface area (Å²) in [4.78, 5) is 30.6. The van der Waals surface area contributed by atoms with Gasteiger partial charge >= 0.3 is 0 Å². The van der Waals surface area contributed by atoms with Gasteiger partial charge in [-0.1, -0.05) is 6.42 Å². The zero-order valence-electron chi connectivity index (χ0n) is 13.0. The van der Waals surface area contributed by atoms with E-state index in [1.807, 2.05) is 4.90 Å². The minimum absolute atomic E-state index is 0.113. The Labute approximate surface area is 121 Å². The number of amides is 2. The van der Waals surface area contributed by atoms with Gasteiger partial charge in [0.1, 0.15) is 6.04 Å². The predicted octanol–water partition coefficient (Wildman–Crippen LogP) is 0.940. The van der Waals surface area contributed by atoms with Crippen molar-refractivity contribution >= 4 is 11.8 Å². The Kier molecular flexibility index (Phi) is 5.02. The monoisotopic (exact) mass is 281 g/mol. The molecule has 20 heavy (non-hydrogen) atoms. The molecule has 2 aliphatic rings. The van der Waals surface area contributed by atoms with E-state index in [0.29, 0.717) is 12.5 Å². The second-order valence-corrected chi connectivity index (χ2v) is 6.22. The van der Waals surface area contributed by atoms with Crippen LogP contribution in [-0.2, 0) is 9.59 Å². The lowest BCUT2D eigenvalue weighted by Gasteiger charge is -2.39.